The van der Waals surface area contributed by atoms with Crippen LogP contribution in [0.5, 0.6) is 0 Å². The van der Waals surface area contributed by atoms with Crippen LogP contribution in [0, 0.1) is 6.92 Å². The van der Waals surface area contributed by atoms with Gasteiger partial charge in [0.25, 0.3) is 0 Å². The summed E-state index contributed by atoms with van der Waals surface area (Å²) in [5.74, 6) is 0. The molecule has 0 unspecified atom stereocenters. The van der Waals surface area contributed by atoms with Gasteiger partial charge in [-0.05, 0) is 38.9 Å². The second-order valence-electron chi connectivity index (χ2n) is 4.74. The summed E-state index contributed by atoms with van der Waals surface area (Å²) in [6.45, 7) is 5.16. The van der Waals surface area contributed by atoms with Gasteiger partial charge in [0.1, 0.15) is 0 Å². The Morgan fingerprint density at radius 3 is 2.94 bits per heavy atom. The summed E-state index contributed by atoms with van der Waals surface area (Å²) in [4.78, 5) is 6.82. The maximum Gasteiger partial charge on any atom is 0.0547 e. The molecule has 2 rings (SSSR count). The van der Waals surface area contributed by atoms with Crippen LogP contribution >= 0.6 is 0 Å². The van der Waals surface area contributed by atoms with E-state index in [9.17, 15) is 0 Å². The minimum atomic E-state index is 0.811. The first kappa shape index (κ1) is 11.6. The minimum absolute atomic E-state index is 0.811. The molecule has 0 aromatic carbocycles. The molecule has 1 saturated carbocycles. The SMILES string of the molecule is Cc1cccc(CN(C)CCNC2CC2)n1. The number of aromatic nitrogens is 1. The van der Waals surface area contributed by atoms with E-state index in [1.54, 1.807) is 0 Å². The third-order valence-corrected chi connectivity index (χ3v) is 2.88. The zero-order valence-corrected chi connectivity index (χ0v) is 10.2. The summed E-state index contributed by atoms with van der Waals surface area (Å²) in [7, 11) is 2.15. The van der Waals surface area contributed by atoms with E-state index in [-0.39, 0.29) is 0 Å². The smallest absolute Gasteiger partial charge is 0.0547 e. The van der Waals surface area contributed by atoms with Crippen LogP contribution in [0.15, 0.2) is 18.2 Å². The predicted molar refractivity (Wildman–Crippen MR) is 66.3 cm³/mol. The van der Waals surface area contributed by atoms with Crippen molar-refractivity contribution in [2.24, 2.45) is 0 Å². The fraction of sp³-hybridized carbons (Fsp3) is 0.615. The fourth-order valence-electron chi connectivity index (χ4n) is 1.79. The molecule has 0 radical (unpaired) electrons. The normalized spacial score (nSPS) is 15.7. The molecule has 3 nitrogen and oxygen atoms in total. The highest BCUT2D eigenvalue weighted by Gasteiger charge is 2.19. The van der Waals surface area contributed by atoms with Crippen LogP contribution < -0.4 is 5.32 Å². The monoisotopic (exact) mass is 219 g/mol. The molecule has 16 heavy (non-hydrogen) atoms. The molecule has 0 amide bonds. The Morgan fingerprint density at radius 1 is 1.44 bits per heavy atom. The highest BCUT2D eigenvalue weighted by molar-refractivity contribution is 5.09. The first-order valence-electron chi connectivity index (χ1n) is 6.08. The summed E-state index contributed by atoms with van der Waals surface area (Å²) in [5, 5.41) is 3.52. The molecular formula is C13H21N3. The van der Waals surface area contributed by atoms with Crippen molar-refractivity contribution in [2.45, 2.75) is 32.4 Å². The van der Waals surface area contributed by atoms with E-state index < -0.39 is 0 Å². The number of hydrogen-bond acceptors (Lipinski definition) is 3. The van der Waals surface area contributed by atoms with Crippen molar-refractivity contribution in [1.82, 2.24) is 15.2 Å². The average Bonchev–Trinajstić information content (AvgIpc) is 3.01. The molecule has 1 aromatic heterocycles. The highest BCUT2D eigenvalue weighted by Crippen LogP contribution is 2.17. The zero-order valence-electron chi connectivity index (χ0n) is 10.2. The van der Waals surface area contributed by atoms with Gasteiger partial charge in [-0.2, -0.15) is 0 Å². The Morgan fingerprint density at radius 2 is 2.25 bits per heavy atom. The van der Waals surface area contributed by atoms with Crippen LogP contribution in [0.1, 0.15) is 24.2 Å². The van der Waals surface area contributed by atoms with E-state index in [2.05, 4.69) is 34.4 Å². The largest absolute Gasteiger partial charge is 0.313 e. The zero-order chi connectivity index (χ0) is 11.4. The first-order valence-corrected chi connectivity index (χ1v) is 6.08. The summed E-state index contributed by atoms with van der Waals surface area (Å²) in [5.41, 5.74) is 2.26. The summed E-state index contributed by atoms with van der Waals surface area (Å²) in [6, 6.07) is 7.02. The Labute approximate surface area is 97.9 Å². The molecule has 88 valence electrons. The van der Waals surface area contributed by atoms with E-state index in [4.69, 9.17) is 0 Å². The van der Waals surface area contributed by atoms with Gasteiger partial charge in [-0.15, -0.1) is 0 Å². The summed E-state index contributed by atoms with van der Waals surface area (Å²) < 4.78 is 0. The molecule has 1 fully saturated rings. The van der Waals surface area contributed by atoms with E-state index in [0.717, 1.165) is 37.1 Å². The Balaban J connectivity index is 1.70. The molecule has 1 aromatic rings. The lowest BCUT2D eigenvalue weighted by molar-refractivity contribution is 0.320. The predicted octanol–water partition coefficient (Wildman–Crippen LogP) is 1.57. The molecule has 1 heterocycles. The van der Waals surface area contributed by atoms with Crippen LogP contribution in [-0.2, 0) is 6.54 Å². The van der Waals surface area contributed by atoms with E-state index in [1.807, 2.05) is 13.0 Å². The topological polar surface area (TPSA) is 28.2 Å². The average molecular weight is 219 g/mol. The van der Waals surface area contributed by atoms with E-state index in [0.29, 0.717) is 0 Å². The third kappa shape index (κ3) is 3.91. The maximum atomic E-state index is 4.51. The molecule has 0 saturated heterocycles. The highest BCUT2D eigenvalue weighted by atomic mass is 15.1. The van der Waals surface area contributed by atoms with Crippen molar-refractivity contribution in [1.29, 1.82) is 0 Å². The summed E-state index contributed by atoms with van der Waals surface area (Å²) in [6.07, 6.45) is 2.73. The number of hydrogen-bond donors (Lipinski definition) is 1. The van der Waals surface area contributed by atoms with Crippen LogP contribution in [0.3, 0.4) is 0 Å². The number of nitrogens with one attached hydrogen (secondary N) is 1. The lowest BCUT2D eigenvalue weighted by atomic mass is 10.3. The molecule has 1 aliphatic carbocycles. The number of aryl methyl sites for hydroxylation is 1. The molecule has 1 N–H and O–H groups in total. The van der Waals surface area contributed by atoms with E-state index >= 15 is 0 Å². The third-order valence-electron chi connectivity index (χ3n) is 2.88. The second kappa shape index (κ2) is 5.41. The van der Waals surface area contributed by atoms with Crippen LogP contribution in [-0.4, -0.2) is 36.1 Å². The van der Waals surface area contributed by atoms with Gasteiger partial charge in [-0.1, -0.05) is 6.07 Å². The summed E-state index contributed by atoms with van der Waals surface area (Å²) >= 11 is 0. The Bertz CT molecular complexity index is 334. The van der Waals surface area contributed by atoms with Gasteiger partial charge in [0.05, 0.1) is 5.69 Å². The van der Waals surface area contributed by atoms with Crippen molar-refractivity contribution in [3.8, 4) is 0 Å². The quantitative estimate of drug-likeness (QED) is 0.787. The van der Waals surface area contributed by atoms with Gasteiger partial charge >= 0.3 is 0 Å². The van der Waals surface area contributed by atoms with Gasteiger partial charge in [0.2, 0.25) is 0 Å². The van der Waals surface area contributed by atoms with Crippen LogP contribution in [0.4, 0.5) is 0 Å². The van der Waals surface area contributed by atoms with Crippen LogP contribution in [0.2, 0.25) is 0 Å². The molecule has 0 aliphatic heterocycles. The second-order valence-corrected chi connectivity index (χ2v) is 4.74. The number of pyridine rings is 1. The number of nitrogens with zero attached hydrogens (tertiary/aromatic N) is 2. The number of rotatable bonds is 6. The molecule has 0 atom stereocenters. The van der Waals surface area contributed by atoms with Crippen LogP contribution in [0.25, 0.3) is 0 Å². The van der Waals surface area contributed by atoms with Crippen molar-refractivity contribution in [3.63, 3.8) is 0 Å². The van der Waals surface area contributed by atoms with Crippen molar-refractivity contribution < 1.29 is 0 Å². The molecule has 3 heteroatoms. The Hall–Kier alpha value is -0.930. The van der Waals surface area contributed by atoms with Gasteiger partial charge in [-0.3, -0.25) is 9.88 Å². The Kier molecular flexibility index (Phi) is 3.91. The lowest BCUT2D eigenvalue weighted by Gasteiger charge is -2.16. The van der Waals surface area contributed by atoms with Crippen molar-refractivity contribution in [2.75, 3.05) is 20.1 Å². The molecule has 0 bridgehead atoms. The van der Waals surface area contributed by atoms with Crippen molar-refractivity contribution in [3.05, 3.63) is 29.6 Å². The fourth-order valence-corrected chi connectivity index (χ4v) is 1.79. The van der Waals surface area contributed by atoms with Crippen molar-refractivity contribution >= 4 is 0 Å². The van der Waals surface area contributed by atoms with Gasteiger partial charge in [-0.25, -0.2) is 0 Å². The lowest BCUT2D eigenvalue weighted by Crippen LogP contribution is -2.30. The molecule has 1 aliphatic rings. The molecular weight excluding hydrogens is 198 g/mol. The molecule has 0 spiro atoms. The van der Waals surface area contributed by atoms with E-state index in [1.165, 1.54) is 12.8 Å². The van der Waals surface area contributed by atoms with Gasteiger partial charge in [0.15, 0.2) is 0 Å². The van der Waals surface area contributed by atoms with Gasteiger partial charge in [0, 0.05) is 31.4 Å². The minimum Gasteiger partial charge on any atom is -0.313 e. The maximum absolute atomic E-state index is 4.51. The number of likely N-dealkylation sites (N-methyl/N-ethyl adjacent to an activating group) is 1. The standard InChI is InChI=1S/C13H21N3/c1-11-4-3-5-13(15-11)10-16(2)9-8-14-12-6-7-12/h3-5,12,14H,6-10H2,1-2H3. The first-order chi connectivity index (χ1) is 7.74. The van der Waals surface area contributed by atoms with Gasteiger partial charge < -0.3 is 5.32 Å².